The number of hydrogen-bond donors (Lipinski definition) is 0. The quantitative estimate of drug-likeness (QED) is 0.163. The molecule has 0 radical (unpaired) electrons. The van der Waals surface area contributed by atoms with E-state index in [2.05, 4.69) is 207 Å². The van der Waals surface area contributed by atoms with Gasteiger partial charge < -0.3 is 17.7 Å². The van der Waals surface area contributed by atoms with Crippen LogP contribution in [0.4, 0.5) is 0 Å². The predicted molar refractivity (Wildman–Crippen MR) is 326 cm³/mol. The zero-order valence-electron chi connectivity index (χ0n) is 44.7. The lowest BCUT2D eigenvalue weighted by Crippen LogP contribution is -2.27. The maximum Gasteiger partial charge on any atom is 0.153 e. The van der Waals surface area contributed by atoms with Crippen LogP contribution in [0.5, 0.6) is 0 Å². The van der Waals surface area contributed by atoms with Gasteiger partial charge in [-0.05, 0) is 143 Å². The number of nitrogens with zero attached hydrogens (tertiary/aromatic N) is 3. The Kier molecular flexibility index (Phi) is 7.69. The second-order valence-corrected chi connectivity index (χ2v) is 24.6. The summed E-state index contributed by atoms with van der Waals surface area (Å²) in [5.41, 5.74) is 26.7. The molecule has 0 unspecified atom stereocenters. The Balaban J connectivity index is 0.976. The molecule has 6 nitrogen and oxygen atoms in total. The van der Waals surface area contributed by atoms with E-state index in [9.17, 15) is 10.5 Å². The SMILES string of the molecule is CC(C)(C)c1cc(-c2ccccc2)c2c(c1)oc1c2cc2c3c4c(oc5cc6c(cc54)C4c5ccccc5C6c5ccccc54)c(C#N)cc3n3c4cc(C#N)c5oc6cc7c(cc6c5c4c1c23)C1c2ccccc2C7c2ccccc21. The fraction of sp³-hybridized carbons (Fsp3) is 0.105. The average Bonchev–Trinajstić information content (AvgIpc) is 1.97. The molecule has 0 saturated heterocycles. The number of rotatable bonds is 1. The first-order chi connectivity index (χ1) is 40.2. The van der Waals surface area contributed by atoms with E-state index in [1.54, 1.807) is 0 Å². The molecule has 0 amide bonds. The van der Waals surface area contributed by atoms with Gasteiger partial charge in [-0.2, -0.15) is 10.5 Å². The van der Waals surface area contributed by atoms with Gasteiger partial charge in [0.15, 0.2) is 11.2 Å². The zero-order chi connectivity index (χ0) is 53.9. The molecule has 6 heteroatoms. The molecule has 4 bridgehead atoms. The molecule has 0 aliphatic heterocycles. The summed E-state index contributed by atoms with van der Waals surface area (Å²) < 4.78 is 24.1. The monoisotopic (exact) mass is 1050 g/mol. The van der Waals surface area contributed by atoms with Gasteiger partial charge in [0.2, 0.25) is 0 Å². The number of furan rings is 3. The summed E-state index contributed by atoms with van der Waals surface area (Å²) in [5.74, 6) is 0.192. The third kappa shape index (κ3) is 5.01. The van der Waals surface area contributed by atoms with Crippen molar-refractivity contribution >= 4 is 104 Å². The molecule has 6 aliphatic rings. The Morgan fingerprint density at radius 3 is 1.26 bits per heavy atom. The first-order valence-corrected chi connectivity index (χ1v) is 28.5. The van der Waals surface area contributed by atoms with Crippen LogP contribution in [0.25, 0.3) is 115 Å². The molecule has 0 saturated carbocycles. The summed E-state index contributed by atoms with van der Waals surface area (Å²) in [6.45, 7) is 6.78. The Bertz CT molecular complexity index is 5710. The van der Waals surface area contributed by atoms with E-state index >= 15 is 0 Å². The first kappa shape index (κ1) is 43.5. The van der Waals surface area contributed by atoms with E-state index in [0.29, 0.717) is 22.3 Å². The van der Waals surface area contributed by atoms with Crippen LogP contribution in [0, 0.1) is 22.7 Å². The Morgan fingerprint density at radius 2 is 0.793 bits per heavy atom. The van der Waals surface area contributed by atoms with Crippen LogP contribution in [0.15, 0.2) is 195 Å². The van der Waals surface area contributed by atoms with Crippen molar-refractivity contribution in [1.82, 2.24) is 4.40 Å². The van der Waals surface area contributed by atoms with Gasteiger partial charge in [-0.3, -0.25) is 0 Å². The highest BCUT2D eigenvalue weighted by atomic mass is 16.3. The second-order valence-electron chi connectivity index (χ2n) is 24.6. The first-order valence-electron chi connectivity index (χ1n) is 28.5. The molecule has 5 aromatic heterocycles. The molecule has 16 aromatic rings. The van der Waals surface area contributed by atoms with Gasteiger partial charge in [0.25, 0.3) is 0 Å². The highest BCUT2D eigenvalue weighted by Gasteiger charge is 2.44. The van der Waals surface area contributed by atoms with E-state index < -0.39 is 0 Å². The van der Waals surface area contributed by atoms with Gasteiger partial charge in [-0.15, -0.1) is 0 Å². The Labute approximate surface area is 468 Å². The number of benzene rings is 11. The molecule has 0 spiro atoms. The summed E-state index contributed by atoms with van der Waals surface area (Å²) in [6.07, 6.45) is 0. The molecule has 380 valence electrons. The normalized spacial score (nSPS) is 17.4. The third-order valence-corrected chi connectivity index (χ3v) is 19.8. The number of nitriles is 2. The molecule has 82 heavy (non-hydrogen) atoms. The van der Waals surface area contributed by atoms with Crippen molar-refractivity contribution in [1.29, 1.82) is 10.5 Å². The van der Waals surface area contributed by atoms with Gasteiger partial charge in [0.05, 0.1) is 33.1 Å². The third-order valence-electron chi connectivity index (χ3n) is 19.8. The van der Waals surface area contributed by atoms with Gasteiger partial charge in [-0.25, -0.2) is 0 Å². The minimum absolute atomic E-state index is 0.0347. The van der Waals surface area contributed by atoms with Crippen molar-refractivity contribution in [3.63, 3.8) is 0 Å². The maximum absolute atomic E-state index is 11.4. The molecule has 5 heterocycles. The van der Waals surface area contributed by atoms with E-state index in [0.717, 1.165) is 104 Å². The summed E-state index contributed by atoms with van der Waals surface area (Å²) >= 11 is 0. The highest BCUT2D eigenvalue weighted by Crippen LogP contribution is 2.60. The lowest BCUT2D eigenvalue weighted by atomic mass is 9.61. The number of fused-ring (bicyclic) bond motifs is 18. The summed E-state index contributed by atoms with van der Waals surface area (Å²) in [7, 11) is 0. The van der Waals surface area contributed by atoms with Crippen LogP contribution >= 0.6 is 0 Å². The molecular weight excluding hydrogens is 1000 g/mol. The zero-order valence-corrected chi connectivity index (χ0v) is 44.7. The van der Waals surface area contributed by atoms with E-state index in [1.165, 1.54) is 72.3 Å². The van der Waals surface area contributed by atoms with Crippen molar-refractivity contribution in [3.05, 3.63) is 265 Å². The summed E-state index contributed by atoms with van der Waals surface area (Å²) in [6, 6.07) is 71.9. The van der Waals surface area contributed by atoms with Crippen LogP contribution in [0.2, 0.25) is 0 Å². The lowest BCUT2D eigenvalue weighted by Gasteiger charge is -2.42. The fourth-order valence-corrected chi connectivity index (χ4v) is 16.6. The van der Waals surface area contributed by atoms with Gasteiger partial charge in [0, 0.05) is 72.1 Å². The Morgan fingerprint density at radius 1 is 0.366 bits per heavy atom. The molecule has 6 aliphatic carbocycles. The van der Waals surface area contributed by atoms with Gasteiger partial charge in [0.1, 0.15) is 34.5 Å². The van der Waals surface area contributed by atoms with Crippen molar-refractivity contribution in [3.8, 4) is 23.3 Å². The van der Waals surface area contributed by atoms with Gasteiger partial charge in [-0.1, -0.05) is 148 Å². The second kappa shape index (κ2) is 14.5. The fourth-order valence-electron chi connectivity index (χ4n) is 16.6. The Hall–Kier alpha value is -10.4. The topological polar surface area (TPSA) is 91.4 Å². The van der Waals surface area contributed by atoms with Crippen LogP contribution in [-0.4, -0.2) is 4.40 Å². The minimum atomic E-state index is -0.179. The van der Waals surface area contributed by atoms with E-state index in [1.807, 2.05) is 12.1 Å². The minimum Gasteiger partial charge on any atom is -0.455 e. The summed E-state index contributed by atoms with van der Waals surface area (Å²) in [4.78, 5) is 0. The molecule has 0 fully saturated rings. The lowest BCUT2D eigenvalue weighted by molar-refractivity contribution is 0.588. The van der Waals surface area contributed by atoms with Crippen molar-refractivity contribution in [2.45, 2.75) is 49.9 Å². The number of hydrogen-bond acceptors (Lipinski definition) is 5. The molecule has 22 rings (SSSR count). The molecule has 0 atom stereocenters. The standard InChI is InChI=1S/C76H43N3O3/c1-76(2,3)39-27-48(36-15-5-4-6-16-36)66-56-31-55-67-57(25-37(34-77)73-68(67)53-29-49-51(32-59(53)80-73)64-44-21-11-7-17-40(44)62(49)41-18-8-12-22-45(41)64)79-58-26-38(35-78)74-69(70(58)71(72(55)79)75(56)82-61(66)28-39)54-30-50-52(33-60(54)81-74)65-46-23-13-9-19-42(46)63(50)43-20-10-14-24-47(43)65/h4-33,62-65H,1-3H3. The average molecular weight is 1050 g/mol. The van der Waals surface area contributed by atoms with Gasteiger partial charge >= 0.3 is 0 Å². The summed E-state index contributed by atoms with van der Waals surface area (Å²) in [5, 5.41) is 32.4. The van der Waals surface area contributed by atoms with E-state index in [4.69, 9.17) is 13.3 Å². The largest absolute Gasteiger partial charge is 0.455 e. The van der Waals surface area contributed by atoms with Crippen LogP contribution < -0.4 is 0 Å². The van der Waals surface area contributed by atoms with Crippen molar-refractivity contribution < 1.29 is 13.3 Å². The van der Waals surface area contributed by atoms with Crippen LogP contribution in [0.1, 0.15) is 128 Å². The van der Waals surface area contributed by atoms with Crippen molar-refractivity contribution in [2.75, 3.05) is 0 Å². The smallest absolute Gasteiger partial charge is 0.153 e. The molecular formula is C76H43N3O3. The highest BCUT2D eigenvalue weighted by molar-refractivity contribution is 6.42. The maximum atomic E-state index is 11.4. The number of aromatic nitrogens is 1. The predicted octanol–water partition coefficient (Wildman–Crippen LogP) is 19.2. The van der Waals surface area contributed by atoms with E-state index in [-0.39, 0.29) is 29.1 Å². The van der Waals surface area contributed by atoms with Crippen molar-refractivity contribution in [2.24, 2.45) is 0 Å². The molecule has 0 N–H and O–H groups in total. The van der Waals surface area contributed by atoms with Crippen LogP contribution in [0.3, 0.4) is 0 Å². The van der Waals surface area contributed by atoms with Crippen LogP contribution in [-0.2, 0) is 5.41 Å². The molecule has 11 aromatic carbocycles.